The number of hydrogen-bond donors (Lipinski definition) is 3. The van der Waals surface area contributed by atoms with Gasteiger partial charge in [-0.05, 0) is 49.2 Å². The van der Waals surface area contributed by atoms with Gasteiger partial charge in [-0.1, -0.05) is 12.1 Å². The summed E-state index contributed by atoms with van der Waals surface area (Å²) >= 11 is 0. The summed E-state index contributed by atoms with van der Waals surface area (Å²) in [6.07, 6.45) is 0. The highest BCUT2D eigenvalue weighted by Gasteiger charge is 2.63. The van der Waals surface area contributed by atoms with Crippen LogP contribution < -0.4 is 14.8 Å². The monoisotopic (exact) mass is 447 g/mol. The van der Waals surface area contributed by atoms with Crippen LogP contribution in [0.5, 0.6) is 23.0 Å². The molecule has 0 bridgehead atoms. The first kappa shape index (κ1) is 23.1. The summed E-state index contributed by atoms with van der Waals surface area (Å²) in [6, 6.07) is 4.11. The van der Waals surface area contributed by atoms with E-state index in [-0.39, 0.29) is 23.0 Å². The molecule has 0 saturated carbocycles. The molecule has 1 aliphatic rings. The Labute approximate surface area is 183 Å². The molecule has 3 N–H and O–H groups in total. The molecule has 32 heavy (non-hydrogen) atoms. The molecule has 2 aromatic rings. The van der Waals surface area contributed by atoms with Crippen molar-refractivity contribution < 1.29 is 29.5 Å². The van der Waals surface area contributed by atoms with Crippen LogP contribution in [0.3, 0.4) is 0 Å². The van der Waals surface area contributed by atoms with Crippen molar-refractivity contribution in [1.29, 1.82) is 0 Å². The fourth-order valence-corrected chi connectivity index (χ4v) is 4.53. The van der Waals surface area contributed by atoms with E-state index in [0.29, 0.717) is 11.1 Å². The van der Waals surface area contributed by atoms with Gasteiger partial charge in [0.2, 0.25) is 12.1 Å². The van der Waals surface area contributed by atoms with Crippen molar-refractivity contribution in [3.63, 3.8) is 0 Å². The molecule has 11 heteroatoms. The van der Waals surface area contributed by atoms with Crippen LogP contribution >= 0.6 is 0 Å². The molecule has 172 valence electrons. The number of methoxy groups -OCH3 is 2. The third-order valence-electron chi connectivity index (χ3n) is 6.10. The van der Waals surface area contributed by atoms with Gasteiger partial charge in [-0.15, -0.1) is 0 Å². The number of phenols is 2. The fraction of sp³-hybridized carbons (Fsp3) is 0.429. The van der Waals surface area contributed by atoms with E-state index in [2.05, 4.69) is 5.32 Å². The summed E-state index contributed by atoms with van der Waals surface area (Å²) in [4.78, 5) is 23.3. The first-order valence-corrected chi connectivity index (χ1v) is 9.79. The van der Waals surface area contributed by atoms with Gasteiger partial charge in [-0.25, -0.2) is 0 Å². The number of rotatable bonds is 6. The minimum atomic E-state index is -1.39. The van der Waals surface area contributed by atoms with Gasteiger partial charge < -0.3 is 19.7 Å². The molecule has 1 aliphatic heterocycles. The van der Waals surface area contributed by atoms with Crippen molar-refractivity contribution in [2.45, 2.75) is 38.0 Å². The smallest absolute Gasteiger partial charge is 0.243 e. The van der Waals surface area contributed by atoms with E-state index in [9.17, 15) is 30.4 Å². The number of nitro groups is 2. The molecule has 4 atom stereocenters. The fourth-order valence-electron chi connectivity index (χ4n) is 4.53. The number of nitrogens with one attached hydrogen (secondary N) is 1. The third-order valence-corrected chi connectivity index (χ3v) is 6.10. The van der Waals surface area contributed by atoms with Gasteiger partial charge in [0.05, 0.1) is 14.2 Å². The first-order valence-electron chi connectivity index (χ1n) is 9.79. The highest BCUT2D eigenvalue weighted by atomic mass is 16.6. The predicted molar refractivity (Wildman–Crippen MR) is 113 cm³/mol. The zero-order chi connectivity index (χ0) is 23.8. The van der Waals surface area contributed by atoms with Crippen molar-refractivity contribution >= 4 is 0 Å². The van der Waals surface area contributed by atoms with Crippen LogP contribution in [0.15, 0.2) is 36.4 Å². The standard InChI is InChI=1S/C21H25N3O8/c1-21(2)19(23(27)28)17(11-5-7-13(25)15(9-11)31-3)22-18(20(21)24(29)30)12-6-8-14(26)16(10-12)32-4/h5-10,17-20,22,25-26H,1-4H3. The second kappa shape index (κ2) is 8.50. The number of phenolic OH excluding ortho intramolecular Hbond substituents is 2. The summed E-state index contributed by atoms with van der Waals surface area (Å²) in [7, 11) is 2.71. The zero-order valence-corrected chi connectivity index (χ0v) is 18.0. The molecule has 1 saturated heterocycles. The lowest BCUT2D eigenvalue weighted by molar-refractivity contribution is -0.605. The largest absolute Gasteiger partial charge is 0.504 e. The second-order valence-electron chi connectivity index (χ2n) is 8.27. The number of piperidine rings is 1. The Morgan fingerprint density at radius 3 is 1.53 bits per heavy atom. The van der Waals surface area contributed by atoms with Crippen LogP contribution in [-0.2, 0) is 0 Å². The zero-order valence-electron chi connectivity index (χ0n) is 18.0. The number of ether oxygens (including phenoxy) is 2. The van der Waals surface area contributed by atoms with Crippen LogP contribution in [0, 0.1) is 25.6 Å². The number of nitrogens with zero attached hydrogens (tertiary/aromatic N) is 2. The molecule has 0 spiro atoms. The highest BCUT2D eigenvalue weighted by molar-refractivity contribution is 5.45. The molecular weight excluding hydrogens is 422 g/mol. The minimum Gasteiger partial charge on any atom is -0.504 e. The van der Waals surface area contributed by atoms with Crippen LogP contribution in [0.4, 0.5) is 0 Å². The molecule has 0 radical (unpaired) electrons. The summed E-state index contributed by atoms with van der Waals surface area (Å²) < 4.78 is 10.3. The molecule has 0 amide bonds. The third kappa shape index (κ3) is 3.86. The van der Waals surface area contributed by atoms with E-state index in [1.807, 2.05) is 0 Å². The van der Waals surface area contributed by atoms with Crippen molar-refractivity contribution in [2.75, 3.05) is 14.2 Å². The van der Waals surface area contributed by atoms with Gasteiger partial charge in [0.15, 0.2) is 23.0 Å². The molecule has 1 fully saturated rings. The van der Waals surface area contributed by atoms with Crippen LogP contribution in [0.1, 0.15) is 37.1 Å². The molecule has 11 nitrogen and oxygen atoms in total. The van der Waals surface area contributed by atoms with Crippen molar-refractivity contribution in [3.05, 3.63) is 67.8 Å². The Balaban J connectivity index is 2.20. The van der Waals surface area contributed by atoms with Crippen LogP contribution in [0.25, 0.3) is 0 Å². The maximum atomic E-state index is 12.1. The van der Waals surface area contributed by atoms with E-state index < -0.39 is 39.4 Å². The van der Waals surface area contributed by atoms with Crippen LogP contribution in [0.2, 0.25) is 0 Å². The SMILES string of the molecule is COc1cc(C2NC(c3ccc(O)c(OC)c3)C([N+](=O)[O-])C(C)(C)C2[N+](=O)[O-])ccc1O. The summed E-state index contributed by atoms with van der Waals surface area (Å²) in [6.45, 7) is 3.01. The number of benzene rings is 2. The molecule has 0 aliphatic carbocycles. The number of hydrogen-bond acceptors (Lipinski definition) is 9. The summed E-state index contributed by atoms with van der Waals surface area (Å²) in [5.74, 6) is -0.00848. The Kier molecular flexibility index (Phi) is 6.13. The Morgan fingerprint density at radius 2 is 1.22 bits per heavy atom. The lowest BCUT2D eigenvalue weighted by Gasteiger charge is -2.44. The Morgan fingerprint density at radius 1 is 0.844 bits per heavy atom. The van der Waals surface area contributed by atoms with E-state index >= 15 is 0 Å². The average Bonchev–Trinajstić information content (AvgIpc) is 2.72. The van der Waals surface area contributed by atoms with Gasteiger partial charge in [0.1, 0.15) is 17.5 Å². The van der Waals surface area contributed by atoms with Gasteiger partial charge >= 0.3 is 0 Å². The van der Waals surface area contributed by atoms with Gasteiger partial charge in [-0.2, -0.15) is 0 Å². The van der Waals surface area contributed by atoms with Crippen LogP contribution in [-0.4, -0.2) is 46.4 Å². The topological polar surface area (TPSA) is 157 Å². The minimum absolute atomic E-state index is 0.128. The van der Waals surface area contributed by atoms with Gasteiger partial charge in [0.25, 0.3) is 0 Å². The molecular formula is C21H25N3O8. The Bertz CT molecular complexity index is 962. The van der Waals surface area contributed by atoms with Gasteiger partial charge in [-0.3, -0.25) is 25.5 Å². The van der Waals surface area contributed by atoms with E-state index in [4.69, 9.17) is 9.47 Å². The van der Waals surface area contributed by atoms with Crippen molar-refractivity contribution in [1.82, 2.24) is 5.32 Å². The second-order valence-corrected chi connectivity index (χ2v) is 8.27. The average molecular weight is 447 g/mol. The maximum absolute atomic E-state index is 12.1. The van der Waals surface area contributed by atoms with E-state index in [0.717, 1.165) is 0 Å². The first-order chi connectivity index (χ1) is 15.0. The Hall–Kier alpha value is -3.60. The van der Waals surface area contributed by atoms with Crippen molar-refractivity contribution in [2.24, 2.45) is 5.41 Å². The highest BCUT2D eigenvalue weighted by Crippen LogP contribution is 2.48. The van der Waals surface area contributed by atoms with E-state index in [1.54, 1.807) is 0 Å². The van der Waals surface area contributed by atoms with E-state index in [1.165, 1.54) is 64.5 Å². The maximum Gasteiger partial charge on any atom is 0.243 e. The van der Waals surface area contributed by atoms with Crippen molar-refractivity contribution in [3.8, 4) is 23.0 Å². The molecule has 4 unspecified atom stereocenters. The summed E-state index contributed by atoms with van der Waals surface area (Å²) in [5.41, 5.74) is -0.511. The molecule has 1 heterocycles. The summed E-state index contributed by atoms with van der Waals surface area (Å²) in [5, 5.41) is 47.2. The molecule has 0 aromatic heterocycles. The quantitative estimate of drug-likeness (QED) is 0.447. The molecule has 2 aromatic carbocycles. The predicted octanol–water partition coefficient (Wildman–Crippen LogP) is 2.82. The lowest BCUT2D eigenvalue weighted by atomic mass is 9.66. The van der Waals surface area contributed by atoms with Gasteiger partial charge in [0, 0.05) is 9.85 Å². The number of aromatic hydroxyl groups is 2. The normalized spacial score (nSPS) is 24.5. The molecule has 3 rings (SSSR count). The lowest BCUT2D eigenvalue weighted by Crippen LogP contribution is -2.63.